The van der Waals surface area contributed by atoms with E-state index in [0.29, 0.717) is 5.41 Å². The molecule has 0 aliphatic heterocycles. The molecule has 0 saturated heterocycles. The first kappa shape index (κ1) is 10.0. The molecule has 0 aromatic heterocycles. The number of rotatable bonds is 6. The van der Waals surface area contributed by atoms with Gasteiger partial charge in [-0.15, -0.1) is 0 Å². The van der Waals surface area contributed by atoms with Crippen molar-refractivity contribution >= 4 is 0 Å². The number of unbranched alkanes of at least 4 members (excludes halogenated alkanes) is 2. The van der Waals surface area contributed by atoms with Gasteiger partial charge >= 0.3 is 0 Å². The van der Waals surface area contributed by atoms with E-state index in [1.54, 1.807) is 0 Å². The zero-order valence-corrected chi connectivity index (χ0v) is 8.60. The van der Waals surface area contributed by atoms with E-state index in [4.69, 9.17) is 5.73 Å². The Morgan fingerprint density at radius 1 is 1.33 bits per heavy atom. The van der Waals surface area contributed by atoms with Crippen molar-refractivity contribution in [3.05, 3.63) is 0 Å². The van der Waals surface area contributed by atoms with Crippen molar-refractivity contribution < 1.29 is 0 Å². The minimum atomic E-state index is 0.481. The lowest BCUT2D eigenvalue weighted by molar-refractivity contribution is 0.250. The van der Waals surface area contributed by atoms with Gasteiger partial charge in [-0.2, -0.15) is 0 Å². The Balaban J connectivity index is 2.23. The number of hydrogen-bond acceptors (Lipinski definition) is 1. The molecular weight excluding hydrogens is 146 g/mol. The summed E-state index contributed by atoms with van der Waals surface area (Å²) in [6.45, 7) is 5.53. The first-order valence-electron chi connectivity index (χ1n) is 5.43. The molecule has 72 valence electrons. The maximum atomic E-state index is 5.83. The first-order chi connectivity index (χ1) is 5.73. The molecule has 0 radical (unpaired) electrons. The molecule has 1 aliphatic carbocycles. The minimum Gasteiger partial charge on any atom is -0.330 e. The van der Waals surface area contributed by atoms with Crippen LogP contribution in [0.25, 0.3) is 0 Å². The van der Waals surface area contributed by atoms with Gasteiger partial charge in [0.2, 0.25) is 0 Å². The van der Waals surface area contributed by atoms with Gasteiger partial charge < -0.3 is 5.73 Å². The molecule has 1 rings (SSSR count). The molecule has 1 nitrogen and oxygen atoms in total. The highest BCUT2D eigenvalue weighted by molar-refractivity contribution is 4.91. The van der Waals surface area contributed by atoms with Crippen molar-refractivity contribution in [2.45, 2.75) is 52.4 Å². The van der Waals surface area contributed by atoms with Gasteiger partial charge in [0.25, 0.3) is 0 Å². The van der Waals surface area contributed by atoms with Gasteiger partial charge in [-0.25, -0.2) is 0 Å². The van der Waals surface area contributed by atoms with Crippen LogP contribution >= 0.6 is 0 Å². The SMILES string of the molecule is CCCCCC(C)(CN)C1CC1. The topological polar surface area (TPSA) is 26.0 Å². The second kappa shape index (κ2) is 4.27. The van der Waals surface area contributed by atoms with Crippen LogP contribution in [-0.4, -0.2) is 6.54 Å². The molecule has 1 fully saturated rings. The lowest BCUT2D eigenvalue weighted by Gasteiger charge is -2.27. The van der Waals surface area contributed by atoms with Crippen LogP contribution in [0.1, 0.15) is 52.4 Å². The summed E-state index contributed by atoms with van der Waals surface area (Å²) < 4.78 is 0. The average molecular weight is 169 g/mol. The van der Waals surface area contributed by atoms with Crippen LogP contribution < -0.4 is 5.73 Å². The van der Waals surface area contributed by atoms with E-state index in [1.807, 2.05) is 0 Å². The second-order valence-electron chi connectivity index (χ2n) is 4.59. The van der Waals surface area contributed by atoms with E-state index in [-0.39, 0.29) is 0 Å². The summed E-state index contributed by atoms with van der Waals surface area (Å²) in [5, 5.41) is 0. The zero-order chi connectivity index (χ0) is 9.03. The third kappa shape index (κ3) is 2.48. The lowest BCUT2D eigenvalue weighted by Crippen LogP contribution is -2.29. The molecule has 1 saturated carbocycles. The van der Waals surface area contributed by atoms with Gasteiger partial charge in [-0.3, -0.25) is 0 Å². The van der Waals surface area contributed by atoms with Gasteiger partial charge in [0.15, 0.2) is 0 Å². The molecule has 2 N–H and O–H groups in total. The molecule has 1 unspecified atom stereocenters. The standard InChI is InChI=1S/C11H23N/c1-3-4-5-8-11(2,9-12)10-6-7-10/h10H,3-9,12H2,1-2H3. The van der Waals surface area contributed by atoms with E-state index in [9.17, 15) is 0 Å². The van der Waals surface area contributed by atoms with E-state index < -0.39 is 0 Å². The summed E-state index contributed by atoms with van der Waals surface area (Å²) in [4.78, 5) is 0. The lowest BCUT2D eigenvalue weighted by atomic mass is 9.80. The predicted molar refractivity (Wildman–Crippen MR) is 54.0 cm³/mol. The van der Waals surface area contributed by atoms with Crippen molar-refractivity contribution in [3.8, 4) is 0 Å². The van der Waals surface area contributed by atoms with Crippen LogP contribution in [0.15, 0.2) is 0 Å². The third-order valence-electron chi connectivity index (χ3n) is 3.38. The summed E-state index contributed by atoms with van der Waals surface area (Å²) in [6.07, 6.45) is 8.29. The highest BCUT2D eigenvalue weighted by Crippen LogP contribution is 2.47. The van der Waals surface area contributed by atoms with Gasteiger partial charge in [-0.1, -0.05) is 33.1 Å². The summed E-state index contributed by atoms with van der Waals surface area (Å²) >= 11 is 0. The molecule has 0 bridgehead atoms. The molecule has 0 aromatic rings. The Hall–Kier alpha value is -0.0400. The van der Waals surface area contributed by atoms with Gasteiger partial charge in [-0.05, 0) is 37.1 Å². The summed E-state index contributed by atoms with van der Waals surface area (Å²) in [6, 6.07) is 0. The highest BCUT2D eigenvalue weighted by Gasteiger charge is 2.39. The Kier molecular flexibility index (Phi) is 3.57. The smallest absolute Gasteiger partial charge is 0.00205 e. The van der Waals surface area contributed by atoms with E-state index >= 15 is 0 Å². The van der Waals surface area contributed by atoms with Crippen LogP contribution in [-0.2, 0) is 0 Å². The number of hydrogen-bond donors (Lipinski definition) is 1. The maximum absolute atomic E-state index is 5.83. The first-order valence-corrected chi connectivity index (χ1v) is 5.43. The van der Waals surface area contributed by atoms with Crippen molar-refractivity contribution in [2.75, 3.05) is 6.54 Å². The predicted octanol–water partition coefficient (Wildman–Crippen LogP) is 2.94. The Bertz CT molecular complexity index is 129. The van der Waals surface area contributed by atoms with E-state index in [0.717, 1.165) is 12.5 Å². The molecule has 1 aliphatic rings. The normalized spacial score (nSPS) is 22.2. The van der Waals surface area contributed by atoms with Crippen LogP contribution in [0.5, 0.6) is 0 Å². The van der Waals surface area contributed by atoms with Crippen molar-refractivity contribution in [1.82, 2.24) is 0 Å². The molecule has 0 heterocycles. The van der Waals surface area contributed by atoms with Crippen molar-refractivity contribution in [2.24, 2.45) is 17.1 Å². The third-order valence-corrected chi connectivity index (χ3v) is 3.38. The molecule has 0 spiro atoms. The fourth-order valence-corrected chi connectivity index (χ4v) is 2.03. The fraction of sp³-hybridized carbons (Fsp3) is 1.00. The van der Waals surface area contributed by atoms with Crippen LogP contribution in [0, 0.1) is 11.3 Å². The Labute approximate surface area is 76.7 Å². The molecule has 12 heavy (non-hydrogen) atoms. The van der Waals surface area contributed by atoms with Crippen LogP contribution in [0.2, 0.25) is 0 Å². The monoisotopic (exact) mass is 169 g/mol. The van der Waals surface area contributed by atoms with E-state index in [1.165, 1.54) is 38.5 Å². The molecule has 0 aromatic carbocycles. The van der Waals surface area contributed by atoms with Crippen molar-refractivity contribution in [1.29, 1.82) is 0 Å². The van der Waals surface area contributed by atoms with Gasteiger partial charge in [0.05, 0.1) is 0 Å². The second-order valence-corrected chi connectivity index (χ2v) is 4.59. The zero-order valence-electron chi connectivity index (χ0n) is 8.60. The average Bonchev–Trinajstić information content (AvgIpc) is 2.87. The molecule has 1 heteroatoms. The Morgan fingerprint density at radius 3 is 2.42 bits per heavy atom. The summed E-state index contributed by atoms with van der Waals surface area (Å²) in [7, 11) is 0. The quantitative estimate of drug-likeness (QED) is 0.608. The minimum absolute atomic E-state index is 0.481. The summed E-state index contributed by atoms with van der Waals surface area (Å²) in [5.41, 5.74) is 6.31. The fourth-order valence-electron chi connectivity index (χ4n) is 2.03. The largest absolute Gasteiger partial charge is 0.330 e. The van der Waals surface area contributed by atoms with Gasteiger partial charge in [0.1, 0.15) is 0 Å². The molecule has 1 atom stereocenters. The van der Waals surface area contributed by atoms with Gasteiger partial charge in [0, 0.05) is 0 Å². The molecular formula is C11H23N. The highest BCUT2D eigenvalue weighted by atomic mass is 14.6. The number of nitrogens with two attached hydrogens (primary N) is 1. The van der Waals surface area contributed by atoms with Crippen LogP contribution in [0.4, 0.5) is 0 Å². The Morgan fingerprint density at radius 2 is 2.00 bits per heavy atom. The van der Waals surface area contributed by atoms with E-state index in [2.05, 4.69) is 13.8 Å². The maximum Gasteiger partial charge on any atom is -0.00205 e. The van der Waals surface area contributed by atoms with Crippen molar-refractivity contribution in [3.63, 3.8) is 0 Å². The van der Waals surface area contributed by atoms with Crippen LogP contribution in [0.3, 0.4) is 0 Å². The molecule has 0 amide bonds. The summed E-state index contributed by atoms with van der Waals surface area (Å²) in [5.74, 6) is 0.958.